The van der Waals surface area contributed by atoms with E-state index >= 15 is 0 Å². The van der Waals surface area contributed by atoms with Crippen LogP contribution in [0, 0.1) is 0 Å². The van der Waals surface area contributed by atoms with E-state index in [0.29, 0.717) is 50.1 Å². The van der Waals surface area contributed by atoms with Crippen molar-refractivity contribution < 1.29 is 23.9 Å². The van der Waals surface area contributed by atoms with Gasteiger partial charge in [0.15, 0.2) is 0 Å². The summed E-state index contributed by atoms with van der Waals surface area (Å²) in [6.07, 6.45) is 6.58. The molecule has 3 aromatic rings. The largest absolute Gasteiger partial charge is 0.491 e. The van der Waals surface area contributed by atoms with Crippen LogP contribution in [0.5, 0.6) is 5.75 Å². The van der Waals surface area contributed by atoms with Gasteiger partial charge >= 0.3 is 0 Å². The monoisotopic (exact) mass is 628 g/mol. The number of amides is 4. The predicted molar refractivity (Wildman–Crippen MR) is 174 cm³/mol. The molecule has 0 aliphatic carbocycles. The number of carbonyl (C=O) groups is 4. The number of aromatic amines is 1. The predicted octanol–water partition coefficient (Wildman–Crippen LogP) is 2.71. The lowest BCUT2D eigenvalue weighted by atomic mass is 10.1. The van der Waals surface area contributed by atoms with Crippen LogP contribution in [0.4, 0.5) is 0 Å². The molecule has 0 radical (unpaired) electrons. The van der Waals surface area contributed by atoms with E-state index in [9.17, 15) is 19.2 Å². The number of carbonyl (C=O) groups excluding carboxylic acids is 4. The maximum Gasteiger partial charge on any atom is 0.253 e. The third-order valence-corrected chi connectivity index (χ3v) is 9.39. The average molecular weight is 629 g/mol. The third-order valence-electron chi connectivity index (χ3n) is 9.39. The van der Waals surface area contributed by atoms with Gasteiger partial charge in [0.2, 0.25) is 17.7 Å². The number of aromatic nitrogens is 1. The normalized spacial score (nSPS) is 23.0. The highest BCUT2D eigenvalue weighted by Crippen LogP contribution is 2.24. The first-order valence-corrected chi connectivity index (χ1v) is 16.5. The first-order chi connectivity index (χ1) is 22.3. The van der Waals surface area contributed by atoms with Gasteiger partial charge in [-0.25, -0.2) is 0 Å². The maximum atomic E-state index is 14.2. The Kier molecular flexibility index (Phi) is 9.87. The van der Waals surface area contributed by atoms with Crippen molar-refractivity contribution in [1.29, 1.82) is 0 Å². The lowest BCUT2D eigenvalue weighted by Crippen LogP contribution is -2.53. The van der Waals surface area contributed by atoms with Crippen molar-refractivity contribution >= 4 is 34.5 Å². The van der Waals surface area contributed by atoms with Gasteiger partial charge in [-0.3, -0.25) is 24.1 Å². The van der Waals surface area contributed by atoms with Gasteiger partial charge in [0, 0.05) is 48.8 Å². The van der Waals surface area contributed by atoms with Gasteiger partial charge in [0.1, 0.15) is 18.4 Å². The summed E-state index contributed by atoms with van der Waals surface area (Å²) in [4.78, 5) is 62.5. The van der Waals surface area contributed by atoms with Crippen molar-refractivity contribution in [3.63, 3.8) is 0 Å². The molecule has 0 unspecified atom stereocenters. The van der Waals surface area contributed by atoms with Gasteiger partial charge in [0.25, 0.3) is 5.91 Å². The number of nitrogens with one attached hydrogen (secondary N) is 3. The molecule has 244 valence electrons. The molecule has 0 saturated carbocycles. The van der Waals surface area contributed by atoms with Gasteiger partial charge in [-0.05, 0) is 81.4 Å². The van der Waals surface area contributed by atoms with Gasteiger partial charge in [-0.2, -0.15) is 0 Å². The Balaban J connectivity index is 1.19. The van der Waals surface area contributed by atoms with Crippen LogP contribution in [-0.2, 0) is 20.8 Å². The second-order valence-corrected chi connectivity index (χ2v) is 12.8. The summed E-state index contributed by atoms with van der Waals surface area (Å²) < 4.78 is 6.18. The molecule has 0 spiro atoms. The van der Waals surface area contributed by atoms with Crippen molar-refractivity contribution in [1.82, 2.24) is 30.3 Å². The lowest BCUT2D eigenvalue weighted by Gasteiger charge is -2.30. The van der Waals surface area contributed by atoms with Gasteiger partial charge in [-0.15, -0.1) is 0 Å². The first kappa shape index (κ1) is 31.6. The molecule has 3 aliphatic heterocycles. The third kappa shape index (κ3) is 7.52. The maximum absolute atomic E-state index is 14.2. The summed E-state index contributed by atoms with van der Waals surface area (Å²) in [5, 5.41) is 7.22. The summed E-state index contributed by atoms with van der Waals surface area (Å²) >= 11 is 0. The van der Waals surface area contributed by atoms with Crippen molar-refractivity contribution in [2.24, 2.45) is 0 Å². The Bertz CT molecular complexity index is 1570. The van der Waals surface area contributed by atoms with E-state index in [1.54, 1.807) is 41.1 Å². The number of nitrogens with zero attached hydrogens (tertiary/aromatic N) is 3. The highest BCUT2D eigenvalue weighted by molar-refractivity contribution is 5.94. The fourth-order valence-electron chi connectivity index (χ4n) is 6.95. The number of fused-ring (bicyclic) bond motifs is 4. The second-order valence-electron chi connectivity index (χ2n) is 12.8. The molecule has 2 saturated heterocycles. The molecule has 4 amide bonds. The van der Waals surface area contributed by atoms with Crippen LogP contribution in [0.3, 0.4) is 0 Å². The summed E-state index contributed by atoms with van der Waals surface area (Å²) in [6, 6.07) is 13.7. The van der Waals surface area contributed by atoms with E-state index in [4.69, 9.17) is 4.74 Å². The number of hydrogen-bond donors (Lipinski definition) is 3. The number of para-hydroxylation sites is 1. The Morgan fingerprint density at radius 3 is 2.61 bits per heavy atom. The van der Waals surface area contributed by atoms with E-state index in [0.717, 1.165) is 42.4 Å². The van der Waals surface area contributed by atoms with Crippen molar-refractivity contribution in [3.05, 3.63) is 65.9 Å². The molecule has 3 aliphatic rings. The number of hydrogen-bond acceptors (Lipinski definition) is 6. The van der Waals surface area contributed by atoms with Crippen molar-refractivity contribution in [3.8, 4) is 5.75 Å². The Hall–Kier alpha value is -4.38. The van der Waals surface area contributed by atoms with E-state index in [1.165, 1.54) is 0 Å². The van der Waals surface area contributed by atoms with Crippen LogP contribution in [0.1, 0.15) is 54.4 Å². The first-order valence-electron chi connectivity index (χ1n) is 16.5. The molecule has 4 heterocycles. The molecular formula is C35H44N6O5. The van der Waals surface area contributed by atoms with Crippen LogP contribution in [0.15, 0.2) is 54.7 Å². The highest BCUT2D eigenvalue weighted by Gasteiger charge is 2.39. The molecule has 1 aromatic heterocycles. The van der Waals surface area contributed by atoms with Gasteiger partial charge in [-0.1, -0.05) is 24.3 Å². The smallest absolute Gasteiger partial charge is 0.253 e. The molecule has 2 fully saturated rings. The summed E-state index contributed by atoms with van der Waals surface area (Å²) in [7, 11) is 1.78. The molecule has 3 N–H and O–H groups in total. The minimum atomic E-state index is -0.703. The summed E-state index contributed by atoms with van der Waals surface area (Å²) in [5.41, 5.74) is 2.44. The molecule has 2 bridgehead atoms. The Morgan fingerprint density at radius 1 is 0.957 bits per heavy atom. The fourth-order valence-corrected chi connectivity index (χ4v) is 6.95. The topological polar surface area (TPSA) is 127 Å². The number of H-pyrrole nitrogens is 1. The van der Waals surface area contributed by atoms with Gasteiger partial charge in [0.05, 0.1) is 19.0 Å². The zero-order chi connectivity index (χ0) is 32.0. The minimum Gasteiger partial charge on any atom is -0.491 e. The SMILES string of the molecule is CN1CCCC[C@H](NC(=O)CN2CCCC2)C(=O)N2C[C@@H](NC(=O)Cc3c[nH]c4ccccc34)C[C@H]2COc2cccc(c2)C1=O. The van der Waals surface area contributed by atoms with E-state index in [2.05, 4.69) is 20.5 Å². The number of ether oxygens (including phenoxy) is 1. The Labute approximate surface area is 269 Å². The fraction of sp³-hybridized carbons (Fsp3) is 0.486. The van der Waals surface area contributed by atoms with Crippen LogP contribution < -0.4 is 15.4 Å². The molecule has 46 heavy (non-hydrogen) atoms. The zero-order valence-corrected chi connectivity index (χ0v) is 26.5. The molecule has 3 atom stereocenters. The number of benzene rings is 2. The quantitative estimate of drug-likeness (QED) is 0.386. The van der Waals surface area contributed by atoms with Crippen molar-refractivity contribution in [2.45, 2.75) is 63.1 Å². The molecule has 6 rings (SSSR count). The van der Waals surface area contributed by atoms with Crippen LogP contribution in [0.2, 0.25) is 0 Å². The van der Waals surface area contributed by atoms with E-state index in [-0.39, 0.29) is 55.3 Å². The molecule has 2 aromatic carbocycles. The molecular weight excluding hydrogens is 584 g/mol. The summed E-state index contributed by atoms with van der Waals surface area (Å²) in [5.74, 6) is 0.0228. The minimum absolute atomic E-state index is 0.0904. The lowest BCUT2D eigenvalue weighted by molar-refractivity contribution is -0.138. The Morgan fingerprint density at radius 2 is 1.76 bits per heavy atom. The summed E-state index contributed by atoms with van der Waals surface area (Å²) in [6.45, 7) is 3.10. The number of rotatable bonds is 6. The number of likely N-dealkylation sites (tertiary alicyclic amines) is 1. The standard InChI is InChI=1S/C35H44N6O5/c1-39-14-5-4-13-31(38-33(43)22-40-15-6-7-16-40)35(45)41-21-26(19-27(41)23-46-28-10-8-9-24(17-28)34(39)44)37-32(42)18-25-20-36-30-12-3-2-11-29(25)30/h2-3,8-12,17,20,26-27,31,36H,4-7,13-16,18-19,21-23H2,1H3,(H,37,42)(H,38,43)/t26-,27-,31-/m0/s1. The van der Waals surface area contributed by atoms with Crippen LogP contribution in [-0.4, -0.2) is 108 Å². The zero-order valence-electron chi connectivity index (χ0n) is 26.5. The van der Waals surface area contributed by atoms with Crippen molar-refractivity contribution in [2.75, 3.05) is 46.4 Å². The van der Waals surface area contributed by atoms with Crippen LogP contribution in [0.25, 0.3) is 10.9 Å². The molecule has 11 nitrogen and oxygen atoms in total. The molecule has 11 heteroatoms. The second kappa shape index (κ2) is 14.4. The van der Waals surface area contributed by atoms with E-state index in [1.807, 2.05) is 30.5 Å². The highest BCUT2D eigenvalue weighted by atomic mass is 16.5. The van der Waals surface area contributed by atoms with Crippen LogP contribution >= 0.6 is 0 Å². The average Bonchev–Trinajstić information content (AvgIpc) is 3.81. The van der Waals surface area contributed by atoms with E-state index < -0.39 is 6.04 Å². The van der Waals surface area contributed by atoms with Gasteiger partial charge < -0.3 is 30.2 Å².